The molecule has 0 amide bonds. The van der Waals surface area contributed by atoms with Crippen LogP contribution >= 0.6 is 11.6 Å². The van der Waals surface area contributed by atoms with Crippen LogP contribution in [0.15, 0.2) is 12.4 Å². The molecule has 1 heterocycles. The van der Waals surface area contributed by atoms with Crippen LogP contribution < -0.4 is 0 Å². The Labute approximate surface area is 97.4 Å². The molecule has 1 rings (SSSR count). The summed E-state index contributed by atoms with van der Waals surface area (Å²) in [4.78, 5) is 7.33. The summed E-state index contributed by atoms with van der Waals surface area (Å²) >= 11 is 6.44. The van der Waals surface area contributed by atoms with E-state index in [4.69, 9.17) is 11.6 Å². The Bertz CT molecular complexity index is 240. The van der Waals surface area contributed by atoms with Crippen LogP contribution in [0.25, 0.3) is 0 Å². The average Bonchev–Trinajstić information content (AvgIpc) is 2.70. The molecule has 0 spiro atoms. The molecule has 0 aromatic carbocycles. The Morgan fingerprint density at radius 1 is 1.33 bits per heavy atom. The van der Waals surface area contributed by atoms with Gasteiger partial charge in [-0.2, -0.15) is 0 Å². The number of imidazole rings is 1. The van der Waals surface area contributed by atoms with E-state index in [1.807, 2.05) is 6.20 Å². The Balaban J connectivity index is 2.44. The van der Waals surface area contributed by atoms with E-state index in [1.165, 1.54) is 25.7 Å². The number of rotatable bonds is 7. The van der Waals surface area contributed by atoms with Gasteiger partial charge < -0.3 is 4.98 Å². The van der Waals surface area contributed by atoms with Crippen molar-refractivity contribution in [3.8, 4) is 0 Å². The first-order chi connectivity index (χ1) is 7.27. The smallest absolute Gasteiger partial charge is 0.107 e. The molecule has 0 aliphatic rings. The number of aromatic nitrogens is 2. The Morgan fingerprint density at radius 3 is 2.47 bits per heavy atom. The second-order valence-electron chi connectivity index (χ2n) is 4.09. The SMILES string of the molecule is CCCC(CCC)C(Cl)Cc1ncc[nH]1. The van der Waals surface area contributed by atoms with Gasteiger partial charge in [-0.15, -0.1) is 11.6 Å². The molecule has 0 bridgehead atoms. The highest BCUT2D eigenvalue weighted by Crippen LogP contribution is 2.24. The zero-order chi connectivity index (χ0) is 11.1. The molecular formula is C12H21ClN2. The maximum atomic E-state index is 6.44. The number of H-pyrrole nitrogens is 1. The predicted molar refractivity (Wildman–Crippen MR) is 65.2 cm³/mol. The van der Waals surface area contributed by atoms with E-state index in [0.717, 1.165) is 12.2 Å². The van der Waals surface area contributed by atoms with Crippen LogP contribution in [-0.2, 0) is 6.42 Å². The molecule has 1 aromatic heterocycles. The van der Waals surface area contributed by atoms with Crippen molar-refractivity contribution in [3.05, 3.63) is 18.2 Å². The number of halogens is 1. The third-order valence-corrected chi connectivity index (χ3v) is 3.28. The monoisotopic (exact) mass is 228 g/mol. The first-order valence-electron chi connectivity index (χ1n) is 5.90. The van der Waals surface area contributed by atoms with Gasteiger partial charge in [0.1, 0.15) is 5.82 Å². The number of alkyl halides is 1. The molecule has 0 saturated heterocycles. The maximum Gasteiger partial charge on any atom is 0.107 e. The van der Waals surface area contributed by atoms with Gasteiger partial charge in [0.2, 0.25) is 0 Å². The largest absolute Gasteiger partial charge is 0.349 e. The van der Waals surface area contributed by atoms with E-state index in [1.54, 1.807) is 6.20 Å². The number of nitrogens with one attached hydrogen (secondary N) is 1. The van der Waals surface area contributed by atoms with Crippen molar-refractivity contribution in [3.63, 3.8) is 0 Å². The zero-order valence-corrected chi connectivity index (χ0v) is 10.4. The fourth-order valence-corrected chi connectivity index (χ4v) is 2.41. The van der Waals surface area contributed by atoms with Crippen LogP contribution in [0.2, 0.25) is 0 Å². The van der Waals surface area contributed by atoms with Gasteiger partial charge in [-0.25, -0.2) is 4.98 Å². The summed E-state index contributed by atoms with van der Waals surface area (Å²) in [5.41, 5.74) is 0. The van der Waals surface area contributed by atoms with E-state index < -0.39 is 0 Å². The summed E-state index contributed by atoms with van der Waals surface area (Å²) in [6.07, 6.45) is 9.38. The highest BCUT2D eigenvalue weighted by molar-refractivity contribution is 6.20. The summed E-state index contributed by atoms with van der Waals surface area (Å²) in [6.45, 7) is 4.44. The number of aromatic amines is 1. The summed E-state index contributed by atoms with van der Waals surface area (Å²) in [5.74, 6) is 1.64. The highest BCUT2D eigenvalue weighted by Gasteiger charge is 2.18. The van der Waals surface area contributed by atoms with Gasteiger partial charge >= 0.3 is 0 Å². The van der Waals surface area contributed by atoms with Gasteiger partial charge in [0.05, 0.1) is 0 Å². The van der Waals surface area contributed by atoms with Gasteiger partial charge in [0.25, 0.3) is 0 Å². The van der Waals surface area contributed by atoms with Crippen LogP contribution in [0.4, 0.5) is 0 Å². The first-order valence-corrected chi connectivity index (χ1v) is 6.33. The summed E-state index contributed by atoms with van der Waals surface area (Å²) < 4.78 is 0. The molecule has 3 heteroatoms. The molecule has 0 radical (unpaired) electrons. The lowest BCUT2D eigenvalue weighted by molar-refractivity contribution is 0.415. The Kier molecular flexibility index (Phi) is 5.77. The zero-order valence-electron chi connectivity index (χ0n) is 9.67. The van der Waals surface area contributed by atoms with Crippen LogP contribution in [0.3, 0.4) is 0 Å². The highest BCUT2D eigenvalue weighted by atomic mass is 35.5. The molecular weight excluding hydrogens is 208 g/mol. The van der Waals surface area contributed by atoms with E-state index >= 15 is 0 Å². The van der Waals surface area contributed by atoms with E-state index in [9.17, 15) is 0 Å². The van der Waals surface area contributed by atoms with Crippen LogP contribution in [0.5, 0.6) is 0 Å². The van der Waals surface area contributed by atoms with Gasteiger partial charge in [-0.3, -0.25) is 0 Å². The molecule has 0 saturated carbocycles. The van der Waals surface area contributed by atoms with Gasteiger partial charge in [0, 0.05) is 24.2 Å². The summed E-state index contributed by atoms with van der Waals surface area (Å²) in [5, 5.41) is 0.219. The summed E-state index contributed by atoms with van der Waals surface area (Å²) in [7, 11) is 0. The molecule has 1 atom stereocenters. The Hall–Kier alpha value is -0.500. The maximum absolute atomic E-state index is 6.44. The van der Waals surface area contributed by atoms with Gasteiger partial charge in [-0.05, 0) is 18.8 Å². The number of hydrogen-bond donors (Lipinski definition) is 1. The van der Waals surface area contributed by atoms with Crippen LogP contribution in [0.1, 0.15) is 45.4 Å². The van der Waals surface area contributed by atoms with E-state index in [0.29, 0.717) is 5.92 Å². The fourth-order valence-electron chi connectivity index (χ4n) is 2.01. The molecule has 0 aliphatic heterocycles. The molecule has 1 N–H and O–H groups in total. The van der Waals surface area contributed by atoms with Crippen molar-refractivity contribution in [1.29, 1.82) is 0 Å². The third-order valence-electron chi connectivity index (χ3n) is 2.77. The van der Waals surface area contributed by atoms with Crippen LogP contribution in [0, 0.1) is 5.92 Å². The number of nitrogens with zero attached hydrogens (tertiary/aromatic N) is 1. The first kappa shape index (κ1) is 12.6. The van der Waals surface area contributed by atoms with Crippen molar-refractivity contribution < 1.29 is 0 Å². The molecule has 86 valence electrons. The van der Waals surface area contributed by atoms with Crippen molar-refractivity contribution in [2.45, 2.75) is 51.3 Å². The number of hydrogen-bond acceptors (Lipinski definition) is 1. The summed E-state index contributed by atoms with van der Waals surface area (Å²) in [6, 6.07) is 0. The topological polar surface area (TPSA) is 28.7 Å². The van der Waals surface area contributed by atoms with Gasteiger partial charge in [-0.1, -0.05) is 26.7 Å². The quantitative estimate of drug-likeness (QED) is 0.707. The lowest BCUT2D eigenvalue weighted by Gasteiger charge is -2.20. The lowest BCUT2D eigenvalue weighted by atomic mass is 9.93. The standard InChI is InChI=1S/C12H21ClN2/c1-3-5-10(6-4-2)11(13)9-12-14-7-8-15-12/h7-8,10-11H,3-6,9H2,1-2H3,(H,14,15). The lowest BCUT2D eigenvalue weighted by Crippen LogP contribution is -2.18. The molecule has 2 nitrogen and oxygen atoms in total. The molecule has 1 unspecified atom stereocenters. The Morgan fingerprint density at radius 2 is 2.00 bits per heavy atom. The van der Waals surface area contributed by atoms with Crippen molar-refractivity contribution in [1.82, 2.24) is 9.97 Å². The fraction of sp³-hybridized carbons (Fsp3) is 0.750. The minimum Gasteiger partial charge on any atom is -0.349 e. The minimum atomic E-state index is 0.219. The average molecular weight is 229 g/mol. The molecule has 1 aromatic rings. The normalized spacial score (nSPS) is 13.3. The molecule has 0 aliphatic carbocycles. The van der Waals surface area contributed by atoms with Crippen molar-refractivity contribution >= 4 is 11.6 Å². The van der Waals surface area contributed by atoms with Crippen molar-refractivity contribution in [2.75, 3.05) is 0 Å². The van der Waals surface area contributed by atoms with E-state index in [2.05, 4.69) is 23.8 Å². The van der Waals surface area contributed by atoms with Crippen molar-refractivity contribution in [2.24, 2.45) is 5.92 Å². The third kappa shape index (κ3) is 4.25. The second-order valence-corrected chi connectivity index (χ2v) is 4.65. The van der Waals surface area contributed by atoms with Gasteiger partial charge in [0.15, 0.2) is 0 Å². The predicted octanol–water partition coefficient (Wildman–Crippen LogP) is 3.78. The minimum absolute atomic E-state index is 0.219. The second kappa shape index (κ2) is 6.89. The molecule has 0 fully saturated rings. The van der Waals surface area contributed by atoms with E-state index in [-0.39, 0.29) is 5.38 Å². The van der Waals surface area contributed by atoms with Crippen LogP contribution in [-0.4, -0.2) is 15.3 Å². The molecule has 15 heavy (non-hydrogen) atoms.